The average molecular weight is 339 g/mol. The molecule has 124 valence electrons. The Bertz CT molecular complexity index is 691. The number of ether oxygens (including phenoxy) is 1. The zero-order valence-corrected chi connectivity index (χ0v) is 14.4. The number of likely N-dealkylation sites (tertiary alicyclic amines) is 1. The number of piperidine rings is 1. The summed E-state index contributed by atoms with van der Waals surface area (Å²) in [5, 5.41) is 0. The zero-order valence-electron chi connectivity index (χ0n) is 13.6. The third kappa shape index (κ3) is 4.42. The second-order valence-electron chi connectivity index (χ2n) is 6.01. The van der Waals surface area contributed by atoms with E-state index in [0.29, 0.717) is 5.75 Å². The van der Waals surface area contributed by atoms with Crippen LogP contribution in [0.1, 0.15) is 30.4 Å². The van der Waals surface area contributed by atoms with E-state index in [1.54, 1.807) is 0 Å². The third-order valence-electron chi connectivity index (χ3n) is 4.17. The molecule has 1 heterocycles. The summed E-state index contributed by atoms with van der Waals surface area (Å²) >= 11 is 5.58. The van der Waals surface area contributed by atoms with Crippen LogP contribution in [-0.2, 0) is 11.2 Å². The molecular weight excluding hydrogens is 318 g/mol. The predicted octanol–water partition coefficient (Wildman–Crippen LogP) is 4.00. The quantitative estimate of drug-likeness (QED) is 0.478. The molecule has 0 bridgehead atoms. The molecule has 0 radical (unpaired) electrons. The number of thiocarbonyl (C=S) groups is 1. The first kappa shape index (κ1) is 16.7. The molecule has 0 aromatic heterocycles. The van der Waals surface area contributed by atoms with Crippen LogP contribution in [0.3, 0.4) is 0 Å². The molecule has 1 aliphatic rings. The van der Waals surface area contributed by atoms with E-state index in [1.807, 2.05) is 54.6 Å². The lowest BCUT2D eigenvalue weighted by Crippen LogP contribution is -2.34. The summed E-state index contributed by atoms with van der Waals surface area (Å²) in [6.45, 7) is 2.07. The summed E-state index contributed by atoms with van der Waals surface area (Å²) in [5.74, 6) is 0.300. The molecule has 2 aromatic carbocycles. The lowest BCUT2D eigenvalue weighted by Gasteiger charge is -2.29. The summed E-state index contributed by atoms with van der Waals surface area (Å²) in [6, 6.07) is 17.1. The molecule has 0 amide bonds. The number of hydrogen-bond donors (Lipinski definition) is 0. The maximum Gasteiger partial charge on any atom is 0.315 e. The number of hydrogen-bond acceptors (Lipinski definition) is 3. The van der Waals surface area contributed by atoms with E-state index in [9.17, 15) is 4.79 Å². The average Bonchev–Trinajstić information content (AvgIpc) is 2.63. The molecule has 0 atom stereocenters. The molecule has 0 saturated carbocycles. The van der Waals surface area contributed by atoms with Crippen molar-refractivity contribution < 1.29 is 9.53 Å². The Labute approximate surface area is 148 Å². The van der Waals surface area contributed by atoms with Gasteiger partial charge in [-0.1, -0.05) is 42.5 Å². The number of rotatable bonds is 4. The van der Waals surface area contributed by atoms with Crippen molar-refractivity contribution >= 4 is 23.2 Å². The first-order valence-electron chi connectivity index (χ1n) is 8.36. The summed E-state index contributed by atoms with van der Waals surface area (Å²) in [5.41, 5.74) is 1.96. The van der Waals surface area contributed by atoms with Crippen LogP contribution in [0.25, 0.3) is 0 Å². The van der Waals surface area contributed by atoms with Crippen LogP contribution < -0.4 is 4.74 Å². The van der Waals surface area contributed by atoms with Crippen molar-refractivity contribution in [2.24, 2.45) is 0 Å². The van der Waals surface area contributed by atoms with Crippen molar-refractivity contribution in [3.8, 4) is 5.75 Å². The third-order valence-corrected chi connectivity index (χ3v) is 4.66. The molecule has 3 nitrogen and oxygen atoms in total. The van der Waals surface area contributed by atoms with Gasteiger partial charge in [0.05, 0.1) is 6.42 Å². The molecule has 0 aliphatic carbocycles. The molecule has 24 heavy (non-hydrogen) atoms. The Hall–Kier alpha value is -2.20. The largest absolute Gasteiger partial charge is 0.426 e. The van der Waals surface area contributed by atoms with Crippen molar-refractivity contribution in [3.05, 3.63) is 65.7 Å². The highest BCUT2D eigenvalue weighted by Crippen LogP contribution is 2.18. The van der Waals surface area contributed by atoms with E-state index >= 15 is 0 Å². The molecule has 0 N–H and O–H groups in total. The normalized spacial score (nSPS) is 14.2. The van der Waals surface area contributed by atoms with Gasteiger partial charge >= 0.3 is 5.97 Å². The number of carbonyl (C=O) groups excluding carboxylic acids is 1. The minimum atomic E-state index is -0.257. The Morgan fingerprint density at radius 2 is 1.62 bits per heavy atom. The minimum absolute atomic E-state index is 0.257. The van der Waals surface area contributed by atoms with Gasteiger partial charge in [0, 0.05) is 18.7 Å². The van der Waals surface area contributed by atoms with Gasteiger partial charge in [-0.3, -0.25) is 4.79 Å². The molecule has 1 aliphatic heterocycles. The van der Waals surface area contributed by atoms with Gasteiger partial charge in [0.1, 0.15) is 10.7 Å². The van der Waals surface area contributed by atoms with Gasteiger partial charge < -0.3 is 9.64 Å². The van der Waals surface area contributed by atoms with Gasteiger partial charge in [0.2, 0.25) is 0 Å². The summed E-state index contributed by atoms with van der Waals surface area (Å²) in [7, 11) is 0. The maximum atomic E-state index is 12.0. The van der Waals surface area contributed by atoms with E-state index < -0.39 is 0 Å². The van der Waals surface area contributed by atoms with Crippen LogP contribution >= 0.6 is 12.2 Å². The van der Waals surface area contributed by atoms with Gasteiger partial charge in [-0.2, -0.15) is 0 Å². The van der Waals surface area contributed by atoms with Crippen LogP contribution in [0.2, 0.25) is 0 Å². The predicted molar refractivity (Wildman–Crippen MR) is 99.3 cm³/mol. The molecule has 1 fully saturated rings. The van der Waals surface area contributed by atoms with Crippen LogP contribution in [-0.4, -0.2) is 28.9 Å². The summed E-state index contributed by atoms with van der Waals surface area (Å²) in [4.78, 5) is 15.1. The molecule has 4 heteroatoms. The molecule has 1 saturated heterocycles. The topological polar surface area (TPSA) is 29.5 Å². The zero-order chi connectivity index (χ0) is 16.8. The van der Waals surface area contributed by atoms with Crippen molar-refractivity contribution in [1.29, 1.82) is 0 Å². The summed E-state index contributed by atoms with van der Waals surface area (Å²) in [6.07, 6.45) is 3.97. The van der Waals surface area contributed by atoms with E-state index in [2.05, 4.69) is 4.90 Å². The maximum absolute atomic E-state index is 12.0. The fourth-order valence-electron chi connectivity index (χ4n) is 2.88. The number of benzene rings is 2. The second-order valence-corrected chi connectivity index (χ2v) is 6.40. The van der Waals surface area contributed by atoms with Crippen LogP contribution in [0.4, 0.5) is 0 Å². The molecule has 0 unspecified atom stereocenters. The van der Waals surface area contributed by atoms with Crippen molar-refractivity contribution in [2.45, 2.75) is 25.7 Å². The standard InChI is InChI=1S/C20H21NO2S/c22-19(15-16-7-3-1-4-8-16)23-18-11-9-17(10-12-18)20(24)21-13-5-2-6-14-21/h1,3-4,7-12H,2,5-6,13-15H2. The van der Waals surface area contributed by atoms with E-state index in [0.717, 1.165) is 29.2 Å². The van der Waals surface area contributed by atoms with Gasteiger partial charge in [-0.05, 0) is 49.1 Å². The van der Waals surface area contributed by atoms with Gasteiger partial charge in [0.25, 0.3) is 0 Å². The highest BCUT2D eigenvalue weighted by Gasteiger charge is 2.15. The van der Waals surface area contributed by atoms with Gasteiger partial charge in [-0.25, -0.2) is 0 Å². The monoisotopic (exact) mass is 339 g/mol. The molecule has 3 rings (SSSR count). The fraction of sp³-hybridized carbons (Fsp3) is 0.300. The lowest BCUT2D eigenvalue weighted by molar-refractivity contribution is -0.133. The van der Waals surface area contributed by atoms with E-state index in [-0.39, 0.29) is 12.4 Å². The Balaban J connectivity index is 1.58. The first-order chi connectivity index (χ1) is 11.7. The highest BCUT2D eigenvalue weighted by molar-refractivity contribution is 7.80. The van der Waals surface area contributed by atoms with E-state index in [1.165, 1.54) is 19.3 Å². The molecule has 2 aromatic rings. The Kier molecular flexibility index (Phi) is 5.59. The molecule has 0 spiro atoms. The van der Waals surface area contributed by atoms with Crippen LogP contribution in [0.15, 0.2) is 54.6 Å². The Morgan fingerprint density at radius 3 is 2.29 bits per heavy atom. The number of carbonyl (C=O) groups is 1. The lowest BCUT2D eigenvalue weighted by atomic mass is 10.1. The minimum Gasteiger partial charge on any atom is -0.426 e. The van der Waals surface area contributed by atoms with Crippen molar-refractivity contribution in [1.82, 2.24) is 4.90 Å². The highest BCUT2D eigenvalue weighted by atomic mass is 32.1. The number of esters is 1. The smallest absolute Gasteiger partial charge is 0.315 e. The second kappa shape index (κ2) is 8.06. The summed E-state index contributed by atoms with van der Waals surface area (Å²) < 4.78 is 5.40. The fourth-order valence-corrected chi connectivity index (χ4v) is 3.19. The van der Waals surface area contributed by atoms with Gasteiger partial charge in [-0.15, -0.1) is 0 Å². The van der Waals surface area contributed by atoms with Crippen LogP contribution in [0.5, 0.6) is 5.75 Å². The SMILES string of the molecule is O=C(Cc1ccccc1)Oc1ccc(C(=S)N2CCCCC2)cc1. The first-order valence-corrected chi connectivity index (χ1v) is 8.77. The van der Waals surface area contributed by atoms with Gasteiger partial charge in [0.15, 0.2) is 0 Å². The number of nitrogens with zero attached hydrogens (tertiary/aromatic N) is 1. The van der Waals surface area contributed by atoms with Crippen molar-refractivity contribution in [3.63, 3.8) is 0 Å². The van der Waals surface area contributed by atoms with E-state index in [4.69, 9.17) is 17.0 Å². The van der Waals surface area contributed by atoms with Crippen LogP contribution in [0, 0.1) is 0 Å². The molecular formula is C20H21NO2S. The van der Waals surface area contributed by atoms with Crippen molar-refractivity contribution in [2.75, 3.05) is 13.1 Å². The Morgan fingerprint density at radius 1 is 0.958 bits per heavy atom.